The van der Waals surface area contributed by atoms with Gasteiger partial charge in [-0.1, -0.05) is 48.5 Å². The topological polar surface area (TPSA) is 66.5 Å². The highest BCUT2D eigenvalue weighted by atomic mass is 32.2. The Morgan fingerprint density at radius 1 is 1.04 bits per heavy atom. The summed E-state index contributed by atoms with van der Waals surface area (Å²) in [6.45, 7) is 2.58. The summed E-state index contributed by atoms with van der Waals surface area (Å²) in [5.74, 6) is 0.00957. The third kappa shape index (κ3) is 4.14. The van der Waals surface area contributed by atoms with Gasteiger partial charge in [0, 0.05) is 24.7 Å². The summed E-state index contributed by atoms with van der Waals surface area (Å²) < 4.78 is 25.4. The van der Waals surface area contributed by atoms with E-state index in [2.05, 4.69) is 5.32 Å². The van der Waals surface area contributed by atoms with Gasteiger partial charge in [-0.3, -0.25) is 4.79 Å². The van der Waals surface area contributed by atoms with Crippen molar-refractivity contribution in [2.75, 3.05) is 18.8 Å². The van der Waals surface area contributed by atoms with Crippen LogP contribution in [-0.2, 0) is 10.0 Å². The minimum absolute atomic E-state index is 0.00497. The lowest BCUT2D eigenvalue weighted by molar-refractivity contribution is 0.0924. The van der Waals surface area contributed by atoms with Crippen molar-refractivity contribution in [3.63, 3.8) is 0 Å². The number of hydrogen-bond donors (Lipinski definition) is 1. The fraction of sp³-hybridized carbons (Fsp3) is 0.350. The first-order valence-corrected chi connectivity index (χ1v) is 10.6. The highest BCUT2D eigenvalue weighted by Crippen LogP contribution is 2.24. The van der Waals surface area contributed by atoms with E-state index in [0.29, 0.717) is 31.5 Å². The van der Waals surface area contributed by atoms with Crippen LogP contribution in [0.3, 0.4) is 0 Å². The molecule has 5 nitrogen and oxygen atoms in total. The largest absolute Gasteiger partial charge is 0.349 e. The Balaban J connectivity index is 1.69. The van der Waals surface area contributed by atoms with Crippen LogP contribution in [0.1, 0.15) is 30.1 Å². The van der Waals surface area contributed by atoms with E-state index >= 15 is 0 Å². The molecular weight excluding hydrogens is 348 g/mol. The zero-order valence-electron chi connectivity index (χ0n) is 14.9. The number of benzene rings is 2. The van der Waals surface area contributed by atoms with E-state index in [1.807, 2.05) is 54.6 Å². The number of nitrogens with one attached hydrogen (secondary N) is 1. The van der Waals surface area contributed by atoms with Gasteiger partial charge in [-0.15, -0.1) is 0 Å². The second-order valence-corrected chi connectivity index (χ2v) is 8.72. The molecule has 6 heteroatoms. The van der Waals surface area contributed by atoms with Gasteiger partial charge in [0.2, 0.25) is 10.0 Å². The van der Waals surface area contributed by atoms with Crippen molar-refractivity contribution in [3.05, 3.63) is 60.2 Å². The Hall–Kier alpha value is -2.18. The molecule has 0 radical (unpaired) electrons. The molecule has 0 unspecified atom stereocenters. The lowest BCUT2D eigenvalue weighted by atomic mass is 9.98. The van der Waals surface area contributed by atoms with Crippen LogP contribution in [-0.4, -0.2) is 43.5 Å². The van der Waals surface area contributed by atoms with Crippen LogP contribution < -0.4 is 5.32 Å². The van der Waals surface area contributed by atoms with E-state index in [4.69, 9.17) is 0 Å². The van der Waals surface area contributed by atoms with Gasteiger partial charge in [0.05, 0.1) is 5.75 Å². The van der Waals surface area contributed by atoms with Crippen molar-refractivity contribution in [2.45, 2.75) is 25.8 Å². The number of rotatable bonds is 5. The van der Waals surface area contributed by atoms with Crippen LogP contribution in [0.2, 0.25) is 0 Å². The summed E-state index contributed by atoms with van der Waals surface area (Å²) in [7, 11) is -3.15. The molecule has 1 aliphatic rings. The standard InChI is InChI=1S/C20H24N2O3S/c1-2-26(24,25)22-14-12-17(13-15-22)21-20(23)19-11-7-6-10-18(19)16-8-4-3-5-9-16/h3-11,17H,2,12-15H2,1H3,(H,21,23). The molecular formula is C20H24N2O3S. The molecule has 1 aliphatic heterocycles. The summed E-state index contributed by atoms with van der Waals surface area (Å²) in [6, 6.07) is 17.4. The van der Waals surface area contributed by atoms with Gasteiger partial charge in [-0.05, 0) is 37.0 Å². The first-order chi connectivity index (χ1) is 12.5. The number of carbonyl (C=O) groups is 1. The van der Waals surface area contributed by atoms with Gasteiger partial charge in [-0.2, -0.15) is 0 Å². The fourth-order valence-corrected chi connectivity index (χ4v) is 4.41. The third-order valence-electron chi connectivity index (χ3n) is 4.80. The van der Waals surface area contributed by atoms with Crippen LogP contribution in [0.15, 0.2) is 54.6 Å². The van der Waals surface area contributed by atoms with Crippen molar-refractivity contribution in [3.8, 4) is 11.1 Å². The molecule has 0 atom stereocenters. The number of sulfonamides is 1. The predicted octanol–water partition coefficient (Wildman–Crippen LogP) is 2.90. The molecule has 138 valence electrons. The lowest BCUT2D eigenvalue weighted by Gasteiger charge is -2.31. The van der Waals surface area contributed by atoms with Crippen LogP contribution in [0.25, 0.3) is 11.1 Å². The highest BCUT2D eigenvalue weighted by molar-refractivity contribution is 7.89. The molecule has 2 aromatic rings. The average Bonchev–Trinajstić information content (AvgIpc) is 2.69. The molecule has 0 saturated carbocycles. The number of carbonyl (C=O) groups excluding carboxylic acids is 1. The molecule has 1 heterocycles. The van der Waals surface area contributed by atoms with Gasteiger partial charge in [-0.25, -0.2) is 12.7 Å². The fourth-order valence-electron chi connectivity index (χ4n) is 3.27. The van der Waals surface area contributed by atoms with Gasteiger partial charge in [0.15, 0.2) is 0 Å². The van der Waals surface area contributed by atoms with Crippen LogP contribution in [0.5, 0.6) is 0 Å². The number of nitrogens with zero attached hydrogens (tertiary/aromatic N) is 1. The van der Waals surface area contributed by atoms with Gasteiger partial charge < -0.3 is 5.32 Å². The monoisotopic (exact) mass is 372 g/mol. The summed E-state index contributed by atoms with van der Waals surface area (Å²) in [6.07, 6.45) is 1.27. The van der Waals surface area contributed by atoms with Crippen molar-refractivity contribution in [1.29, 1.82) is 0 Å². The quantitative estimate of drug-likeness (QED) is 0.878. The van der Waals surface area contributed by atoms with E-state index in [-0.39, 0.29) is 17.7 Å². The Labute approximate surface area is 155 Å². The van der Waals surface area contributed by atoms with Crippen molar-refractivity contribution in [1.82, 2.24) is 9.62 Å². The second kappa shape index (κ2) is 8.01. The smallest absolute Gasteiger partial charge is 0.252 e. The molecule has 1 amide bonds. The van der Waals surface area contributed by atoms with Crippen LogP contribution in [0, 0.1) is 0 Å². The summed E-state index contributed by atoms with van der Waals surface area (Å²) in [4.78, 5) is 12.8. The van der Waals surface area contributed by atoms with Gasteiger partial charge in [0.1, 0.15) is 0 Å². The minimum Gasteiger partial charge on any atom is -0.349 e. The molecule has 1 saturated heterocycles. The van der Waals surface area contributed by atoms with E-state index in [1.165, 1.54) is 4.31 Å². The van der Waals surface area contributed by atoms with Crippen molar-refractivity contribution in [2.24, 2.45) is 0 Å². The molecule has 0 aromatic heterocycles. The van der Waals surface area contributed by atoms with Crippen LogP contribution >= 0.6 is 0 Å². The number of piperidine rings is 1. The Kier molecular flexibility index (Phi) is 5.74. The van der Waals surface area contributed by atoms with Gasteiger partial charge >= 0.3 is 0 Å². The molecule has 26 heavy (non-hydrogen) atoms. The Morgan fingerprint density at radius 3 is 2.31 bits per heavy atom. The molecule has 1 N–H and O–H groups in total. The van der Waals surface area contributed by atoms with Crippen molar-refractivity contribution >= 4 is 15.9 Å². The number of hydrogen-bond acceptors (Lipinski definition) is 3. The van der Waals surface area contributed by atoms with E-state index in [9.17, 15) is 13.2 Å². The van der Waals surface area contributed by atoms with Crippen molar-refractivity contribution < 1.29 is 13.2 Å². The maximum absolute atomic E-state index is 12.8. The first kappa shape index (κ1) is 18.6. The molecule has 0 spiro atoms. The Bertz CT molecular complexity index is 858. The number of amides is 1. The minimum atomic E-state index is -3.15. The maximum Gasteiger partial charge on any atom is 0.252 e. The van der Waals surface area contributed by atoms with E-state index in [0.717, 1.165) is 11.1 Å². The first-order valence-electron chi connectivity index (χ1n) is 8.94. The predicted molar refractivity (Wildman–Crippen MR) is 103 cm³/mol. The normalized spacial score (nSPS) is 16.3. The van der Waals surface area contributed by atoms with E-state index < -0.39 is 10.0 Å². The second-order valence-electron chi connectivity index (χ2n) is 6.46. The van der Waals surface area contributed by atoms with E-state index in [1.54, 1.807) is 6.92 Å². The zero-order chi connectivity index (χ0) is 18.6. The maximum atomic E-state index is 12.8. The molecule has 0 aliphatic carbocycles. The molecule has 0 bridgehead atoms. The summed E-state index contributed by atoms with van der Waals surface area (Å²) >= 11 is 0. The van der Waals surface area contributed by atoms with Crippen LogP contribution in [0.4, 0.5) is 0 Å². The Morgan fingerprint density at radius 2 is 1.65 bits per heavy atom. The summed E-state index contributed by atoms with van der Waals surface area (Å²) in [5, 5.41) is 3.07. The molecule has 1 fully saturated rings. The lowest BCUT2D eigenvalue weighted by Crippen LogP contribution is -2.46. The molecule has 3 rings (SSSR count). The third-order valence-corrected chi connectivity index (χ3v) is 6.69. The molecule has 2 aromatic carbocycles. The average molecular weight is 372 g/mol. The van der Waals surface area contributed by atoms with Gasteiger partial charge in [0.25, 0.3) is 5.91 Å². The SMILES string of the molecule is CCS(=O)(=O)N1CCC(NC(=O)c2ccccc2-c2ccccc2)CC1. The zero-order valence-corrected chi connectivity index (χ0v) is 15.7. The highest BCUT2D eigenvalue weighted by Gasteiger charge is 2.27. The summed E-state index contributed by atoms with van der Waals surface area (Å²) in [5.41, 5.74) is 2.54.